The van der Waals surface area contributed by atoms with Crippen LogP contribution in [-0.4, -0.2) is 19.6 Å². The second kappa shape index (κ2) is 6.89. The van der Waals surface area contributed by atoms with E-state index in [1.165, 1.54) is 20.8 Å². The molecule has 2 aromatic rings. The number of amides is 2. The molecule has 0 unspecified atom stereocenters. The maximum absolute atomic E-state index is 12.8. The Balaban J connectivity index is 2.19. The lowest BCUT2D eigenvalue weighted by atomic mass is 10.0. The first-order valence-electron chi connectivity index (χ1n) is 7.53. The van der Waals surface area contributed by atoms with Crippen molar-refractivity contribution in [1.82, 2.24) is 4.72 Å². The van der Waals surface area contributed by atoms with Crippen LogP contribution in [0, 0.1) is 6.92 Å². The highest BCUT2D eigenvalue weighted by molar-refractivity contribution is 7.89. The lowest BCUT2D eigenvalue weighted by molar-refractivity contribution is -0.137. The van der Waals surface area contributed by atoms with E-state index < -0.39 is 38.5 Å². The third-order valence-corrected chi connectivity index (χ3v) is 4.78. The standard InChI is InChI=1S/C16H17F3N2O5S/c1-9-4-5-10(16(17,18)19)6-12(9)20-14(22)21-27(24,25)13-7-11(8-26-13)15(2,3)23/h4-8,23H,1-3H3,(H2,20,21,22). The summed E-state index contributed by atoms with van der Waals surface area (Å²) >= 11 is 0. The molecule has 7 nitrogen and oxygen atoms in total. The van der Waals surface area contributed by atoms with E-state index in [0.29, 0.717) is 11.6 Å². The van der Waals surface area contributed by atoms with Crippen LogP contribution in [0.5, 0.6) is 0 Å². The SMILES string of the molecule is Cc1ccc(C(F)(F)F)cc1NC(=O)NS(=O)(=O)c1cc(C(C)(C)O)co1. The number of sulfonamides is 1. The van der Waals surface area contributed by atoms with Crippen LogP contribution in [-0.2, 0) is 21.8 Å². The second-order valence-corrected chi connectivity index (χ2v) is 7.91. The Labute approximate surface area is 153 Å². The third-order valence-electron chi connectivity index (χ3n) is 3.59. The highest BCUT2D eigenvalue weighted by Crippen LogP contribution is 2.32. The number of aryl methyl sites for hydroxylation is 1. The first kappa shape index (κ1) is 20.8. The summed E-state index contributed by atoms with van der Waals surface area (Å²) in [6.07, 6.45) is -3.60. The van der Waals surface area contributed by atoms with Gasteiger partial charge in [0.2, 0.25) is 5.09 Å². The summed E-state index contributed by atoms with van der Waals surface area (Å²) in [5.74, 6) is 0. The van der Waals surface area contributed by atoms with Crippen molar-refractivity contribution in [3.63, 3.8) is 0 Å². The molecular weight excluding hydrogens is 389 g/mol. The van der Waals surface area contributed by atoms with Crippen LogP contribution in [0.15, 0.2) is 40.0 Å². The Morgan fingerprint density at radius 2 is 1.78 bits per heavy atom. The van der Waals surface area contributed by atoms with Crippen molar-refractivity contribution >= 4 is 21.7 Å². The quantitative estimate of drug-likeness (QED) is 0.722. The van der Waals surface area contributed by atoms with Gasteiger partial charge in [0, 0.05) is 17.3 Å². The lowest BCUT2D eigenvalue weighted by Crippen LogP contribution is -2.34. The van der Waals surface area contributed by atoms with Gasteiger partial charge in [-0.15, -0.1) is 0 Å². The summed E-state index contributed by atoms with van der Waals surface area (Å²) in [7, 11) is -4.43. The van der Waals surface area contributed by atoms with Gasteiger partial charge in [0.15, 0.2) is 0 Å². The van der Waals surface area contributed by atoms with Gasteiger partial charge in [-0.3, -0.25) is 0 Å². The maximum atomic E-state index is 12.8. The van der Waals surface area contributed by atoms with Gasteiger partial charge in [0.25, 0.3) is 10.0 Å². The van der Waals surface area contributed by atoms with Crippen molar-refractivity contribution in [3.8, 4) is 0 Å². The number of furan rings is 1. The molecule has 0 saturated carbocycles. The molecule has 1 aromatic carbocycles. The van der Waals surface area contributed by atoms with E-state index in [1.807, 2.05) is 0 Å². The second-order valence-electron chi connectivity index (χ2n) is 6.30. The highest BCUT2D eigenvalue weighted by Gasteiger charge is 2.31. The van der Waals surface area contributed by atoms with Gasteiger partial charge in [0.05, 0.1) is 17.4 Å². The molecule has 2 amide bonds. The average molecular weight is 406 g/mol. The number of hydrogen-bond donors (Lipinski definition) is 3. The van der Waals surface area contributed by atoms with Gasteiger partial charge >= 0.3 is 12.2 Å². The summed E-state index contributed by atoms with van der Waals surface area (Å²) in [5, 5.41) is 11.3. The summed E-state index contributed by atoms with van der Waals surface area (Å²) in [5.41, 5.74) is -2.09. The topological polar surface area (TPSA) is 109 Å². The molecule has 0 aliphatic heterocycles. The van der Waals surface area contributed by atoms with Gasteiger partial charge in [-0.1, -0.05) is 6.07 Å². The Kier molecular flexibility index (Phi) is 5.30. The molecule has 27 heavy (non-hydrogen) atoms. The minimum atomic E-state index is -4.62. The normalized spacial score (nSPS) is 12.7. The van der Waals surface area contributed by atoms with Gasteiger partial charge in [-0.25, -0.2) is 9.52 Å². The number of carbonyl (C=O) groups is 1. The van der Waals surface area contributed by atoms with Crippen LogP contribution in [0.2, 0.25) is 0 Å². The van der Waals surface area contributed by atoms with Gasteiger partial charge < -0.3 is 14.8 Å². The Bertz CT molecular complexity index is 959. The molecule has 3 N–H and O–H groups in total. The van der Waals surface area contributed by atoms with Crippen molar-refractivity contribution in [3.05, 3.63) is 47.2 Å². The number of urea groups is 1. The summed E-state index contributed by atoms with van der Waals surface area (Å²) < 4.78 is 69.1. The van der Waals surface area contributed by atoms with Crippen LogP contribution in [0.1, 0.15) is 30.5 Å². The zero-order chi connectivity index (χ0) is 20.6. The number of nitrogens with one attached hydrogen (secondary N) is 2. The molecule has 0 spiro atoms. The van der Waals surface area contributed by atoms with Gasteiger partial charge in [-0.2, -0.15) is 21.6 Å². The first-order chi connectivity index (χ1) is 12.2. The Morgan fingerprint density at radius 3 is 2.30 bits per heavy atom. The molecule has 11 heteroatoms. The first-order valence-corrected chi connectivity index (χ1v) is 9.01. The fourth-order valence-electron chi connectivity index (χ4n) is 2.03. The molecule has 1 heterocycles. The zero-order valence-corrected chi connectivity index (χ0v) is 15.3. The van der Waals surface area contributed by atoms with E-state index in [2.05, 4.69) is 5.32 Å². The number of anilines is 1. The van der Waals surface area contributed by atoms with E-state index >= 15 is 0 Å². The van der Waals surface area contributed by atoms with E-state index in [9.17, 15) is 31.5 Å². The van der Waals surface area contributed by atoms with Crippen LogP contribution in [0.4, 0.5) is 23.7 Å². The van der Waals surface area contributed by atoms with E-state index in [1.54, 1.807) is 4.72 Å². The number of aliphatic hydroxyl groups is 1. The van der Waals surface area contributed by atoms with Gasteiger partial charge in [0.1, 0.15) is 0 Å². The van der Waals surface area contributed by atoms with E-state index in [4.69, 9.17) is 4.42 Å². The number of halogens is 3. The summed E-state index contributed by atoms with van der Waals surface area (Å²) in [6, 6.07) is 2.45. The molecule has 0 aliphatic rings. The molecule has 0 fully saturated rings. The molecule has 148 valence electrons. The summed E-state index contributed by atoms with van der Waals surface area (Å²) in [6.45, 7) is 4.27. The molecule has 0 atom stereocenters. The number of rotatable bonds is 4. The van der Waals surface area contributed by atoms with Crippen LogP contribution >= 0.6 is 0 Å². The fraction of sp³-hybridized carbons (Fsp3) is 0.312. The molecule has 0 saturated heterocycles. The third kappa shape index (κ3) is 5.01. The average Bonchev–Trinajstić information content (AvgIpc) is 2.98. The van der Waals surface area contributed by atoms with Gasteiger partial charge in [-0.05, 0) is 38.5 Å². The highest BCUT2D eigenvalue weighted by atomic mass is 32.2. The minimum Gasteiger partial charge on any atom is -0.451 e. The maximum Gasteiger partial charge on any atom is 0.416 e. The lowest BCUT2D eigenvalue weighted by Gasteiger charge is -2.13. The zero-order valence-electron chi connectivity index (χ0n) is 14.5. The number of alkyl halides is 3. The molecular formula is C16H17F3N2O5S. The van der Waals surface area contributed by atoms with Crippen molar-refractivity contribution in [2.75, 3.05) is 5.32 Å². The van der Waals surface area contributed by atoms with Crippen molar-refractivity contribution in [2.24, 2.45) is 0 Å². The predicted octanol–water partition coefficient (Wildman–Crippen LogP) is 3.34. The molecule has 2 rings (SSSR count). The Morgan fingerprint density at radius 1 is 1.15 bits per heavy atom. The number of benzene rings is 1. The van der Waals surface area contributed by atoms with Crippen LogP contribution in [0.25, 0.3) is 0 Å². The van der Waals surface area contributed by atoms with Crippen molar-refractivity contribution < 1.29 is 35.9 Å². The monoisotopic (exact) mass is 406 g/mol. The van der Waals surface area contributed by atoms with E-state index in [-0.39, 0.29) is 11.3 Å². The van der Waals surface area contributed by atoms with Crippen LogP contribution in [0.3, 0.4) is 0 Å². The van der Waals surface area contributed by atoms with Crippen molar-refractivity contribution in [1.29, 1.82) is 0 Å². The predicted molar refractivity (Wildman–Crippen MR) is 89.5 cm³/mol. The fourth-order valence-corrected chi connectivity index (χ4v) is 2.88. The number of carbonyl (C=O) groups excluding carboxylic acids is 1. The van der Waals surface area contributed by atoms with Crippen LogP contribution < -0.4 is 10.0 Å². The molecule has 0 aliphatic carbocycles. The summed E-state index contributed by atoms with van der Waals surface area (Å²) in [4.78, 5) is 11.9. The minimum absolute atomic E-state index is 0.164. The van der Waals surface area contributed by atoms with E-state index in [0.717, 1.165) is 24.5 Å². The number of hydrogen-bond acceptors (Lipinski definition) is 5. The van der Waals surface area contributed by atoms with Crippen molar-refractivity contribution in [2.45, 2.75) is 37.6 Å². The molecule has 1 aromatic heterocycles. The molecule has 0 radical (unpaired) electrons. The largest absolute Gasteiger partial charge is 0.451 e. The Hall–Kier alpha value is -2.53. The molecule has 0 bridgehead atoms. The smallest absolute Gasteiger partial charge is 0.416 e.